The number of aromatic nitrogens is 4. The average molecular weight is 463 g/mol. The van der Waals surface area contributed by atoms with E-state index in [1.807, 2.05) is 6.92 Å². The van der Waals surface area contributed by atoms with Crippen LogP contribution < -0.4 is 10.0 Å². The highest BCUT2D eigenvalue weighted by Crippen LogP contribution is 2.26. The van der Waals surface area contributed by atoms with E-state index in [1.165, 1.54) is 24.6 Å². The first kappa shape index (κ1) is 22.0. The number of benzene rings is 1. The zero-order chi connectivity index (χ0) is 21.8. The summed E-state index contributed by atoms with van der Waals surface area (Å²) in [6, 6.07) is 5.13. The average Bonchev–Trinajstić information content (AvgIpc) is 3.38. The number of nitrogens with one attached hydrogen (secondary N) is 3. The molecule has 1 aliphatic rings. The molecule has 31 heavy (non-hydrogen) atoms. The van der Waals surface area contributed by atoms with Gasteiger partial charge in [-0.25, -0.2) is 18.1 Å². The first-order chi connectivity index (χ1) is 15.0. The molecule has 3 aromatic rings. The van der Waals surface area contributed by atoms with Crippen molar-refractivity contribution in [2.45, 2.75) is 61.5 Å². The van der Waals surface area contributed by atoms with Gasteiger partial charge >= 0.3 is 0 Å². The van der Waals surface area contributed by atoms with E-state index in [2.05, 4.69) is 30.2 Å². The summed E-state index contributed by atoms with van der Waals surface area (Å²) in [5.74, 6) is 0.207. The fourth-order valence-electron chi connectivity index (χ4n) is 3.70. The molecule has 1 aromatic carbocycles. The minimum absolute atomic E-state index is 0.0253. The summed E-state index contributed by atoms with van der Waals surface area (Å²) < 4.78 is 27.7. The molecule has 2 heterocycles. The highest BCUT2D eigenvalue weighted by atomic mass is 32.2. The fourth-order valence-corrected chi connectivity index (χ4v) is 5.40. The Balaban J connectivity index is 1.49. The van der Waals surface area contributed by atoms with Crippen molar-refractivity contribution in [3.05, 3.63) is 18.2 Å². The summed E-state index contributed by atoms with van der Waals surface area (Å²) in [4.78, 5) is 19.9. The number of thioether (sulfide) groups is 1. The van der Waals surface area contributed by atoms with Crippen molar-refractivity contribution in [1.29, 1.82) is 0 Å². The van der Waals surface area contributed by atoms with Gasteiger partial charge in [-0.2, -0.15) is 0 Å². The molecule has 2 aromatic heterocycles. The Kier molecular flexibility index (Phi) is 6.73. The molecule has 1 fully saturated rings. The SMILES string of the molecule is CCCCNS(=O)(=O)c1ccc2[nH]c3nc(SCC(=O)NC4CCCC4)nnc3c2c1. The molecule has 166 valence electrons. The van der Waals surface area contributed by atoms with Gasteiger partial charge in [0.25, 0.3) is 0 Å². The van der Waals surface area contributed by atoms with Gasteiger partial charge in [-0.05, 0) is 37.5 Å². The number of rotatable bonds is 9. The van der Waals surface area contributed by atoms with E-state index in [-0.39, 0.29) is 22.6 Å². The first-order valence-corrected chi connectivity index (χ1v) is 13.0. The molecule has 9 nitrogen and oxygen atoms in total. The number of carbonyl (C=O) groups excluding carboxylic acids is 1. The predicted molar refractivity (Wildman–Crippen MR) is 120 cm³/mol. The molecular weight excluding hydrogens is 436 g/mol. The lowest BCUT2D eigenvalue weighted by Gasteiger charge is -2.10. The number of nitrogens with zero attached hydrogens (tertiary/aromatic N) is 3. The van der Waals surface area contributed by atoms with Crippen LogP contribution in [0.4, 0.5) is 0 Å². The molecule has 0 aliphatic heterocycles. The van der Waals surface area contributed by atoms with Gasteiger partial charge in [-0.15, -0.1) is 10.2 Å². The molecule has 0 spiro atoms. The molecule has 1 amide bonds. The zero-order valence-electron chi connectivity index (χ0n) is 17.3. The minimum Gasteiger partial charge on any atom is -0.353 e. The Morgan fingerprint density at radius 1 is 1.26 bits per heavy atom. The highest BCUT2D eigenvalue weighted by molar-refractivity contribution is 7.99. The van der Waals surface area contributed by atoms with Gasteiger partial charge < -0.3 is 10.3 Å². The van der Waals surface area contributed by atoms with Gasteiger partial charge in [-0.1, -0.05) is 37.9 Å². The smallest absolute Gasteiger partial charge is 0.240 e. The number of fused-ring (bicyclic) bond motifs is 3. The van der Waals surface area contributed by atoms with E-state index in [4.69, 9.17) is 0 Å². The number of carbonyl (C=O) groups is 1. The molecule has 3 N–H and O–H groups in total. The zero-order valence-corrected chi connectivity index (χ0v) is 19.0. The lowest BCUT2D eigenvalue weighted by Crippen LogP contribution is -2.33. The van der Waals surface area contributed by atoms with E-state index >= 15 is 0 Å². The maximum absolute atomic E-state index is 12.5. The monoisotopic (exact) mass is 462 g/mol. The molecule has 0 radical (unpaired) electrons. The van der Waals surface area contributed by atoms with Gasteiger partial charge in [0, 0.05) is 23.5 Å². The lowest BCUT2D eigenvalue weighted by molar-refractivity contribution is -0.119. The quantitative estimate of drug-likeness (QED) is 0.329. The maximum atomic E-state index is 12.5. The van der Waals surface area contributed by atoms with Crippen molar-refractivity contribution in [2.24, 2.45) is 0 Å². The van der Waals surface area contributed by atoms with E-state index in [0.717, 1.165) is 31.2 Å². The van der Waals surface area contributed by atoms with Crippen molar-refractivity contribution >= 4 is 49.8 Å². The number of aromatic amines is 1. The van der Waals surface area contributed by atoms with Crippen LogP contribution in [0.15, 0.2) is 28.3 Å². The van der Waals surface area contributed by atoms with Crippen LogP contribution in [-0.2, 0) is 14.8 Å². The third-order valence-electron chi connectivity index (χ3n) is 5.35. The Bertz CT molecular complexity index is 1190. The number of H-pyrrole nitrogens is 1. The standard InChI is InChI=1S/C20H26N6O3S2/c1-2-3-10-21-31(28,29)14-8-9-16-15(11-14)18-19(23-16)24-20(26-25-18)30-12-17(27)22-13-6-4-5-7-13/h8-9,11,13,21H,2-7,10,12H2,1H3,(H,22,27)(H,23,24,26). The second-order valence-corrected chi connectivity index (χ2v) is 10.4. The summed E-state index contributed by atoms with van der Waals surface area (Å²) in [7, 11) is -3.59. The largest absolute Gasteiger partial charge is 0.353 e. The molecule has 0 unspecified atom stereocenters. The Hall–Kier alpha value is -2.24. The molecule has 0 saturated heterocycles. The van der Waals surface area contributed by atoms with Crippen molar-refractivity contribution in [1.82, 2.24) is 30.2 Å². The third kappa shape index (κ3) is 5.16. The van der Waals surface area contributed by atoms with E-state index < -0.39 is 10.0 Å². The van der Waals surface area contributed by atoms with Gasteiger partial charge in [0.1, 0.15) is 5.52 Å². The van der Waals surface area contributed by atoms with Crippen LogP contribution in [0.5, 0.6) is 0 Å². The second kappa shape index (κ2) is 9.49. The van der Waals surface area contributed by atoms with Gasteiger partial charge in [0.2, 0.25) is 21.1 Å². The Morgan fingerprint density at radius 2 is 2.06 bits per heavy atom. The van der Waals surface area contributed by atoms with Gasteiger partial charge in [-0.3, -0.25) is 4.79 Å². The Labute approximate surface area is 185 Å². The minimum atomic E-state index is -3.59. The number of hydrogen-bond acceptors (Lipinski definition) is 7. The van der Waals surface area contributed by atoms with Crippen LogP contribution >= 0.6 is 11.8 Å². The number of unbranched alkanes of at least 4 members (excludes halogenated alkanes) is 1. The maximum Gasteiger partial charge on any atom is 0.240 e. The fraction of sp³-hybridized carbons (Fsp3) is 0.500. The topological polar surface area (TPSA) is 130 Å². The number of amides is 1. The molecular formula is C20H26N6O3S2. The summed E-state index contributed by atoms with van der Waals surface area (Å²) in [6.07, 6.45) is 6.11. The molecule has 0 atom stereocenters. The van der Waals surface area contributed by atoms with Crippen molar-refractivity contribution < 1.29 is 13.2 Å². The third-order valence-corrected chi connectivity index (χ3v) is 7.65. The van der Waals surface area contributed by atoms with Crippen molar-refractivity contribution in [2.75, 3.05) is 12.3 Å². The van der Waals surface area contributed by atoms with Crippen LogP contribution in [0.3, 0.4) is 0 Å². The van der Waals surface area contributed by atoms with Crippen LogP contribution in [0.2, 0.25) is 0 Å². The van der Waals surface area contributed by atoms with Crippen molar-refractivity contribution in [3.63, 3.8) is 0 Å². The van der Waals surface area contributed by atoms with E-state index in [9.17, 15) is 13.2 Å². The normalized spacial score (nSPS) is 15.1. The van der Waals surface area contributed by atoms with E-state index in [1.54, 1.807) is 18.2 Å². The predicted octanol–water partition coefficient (Wildman–Crippen LogP) is 2.74. The summed E-state index contributed by atoms with van der Waals surface area (Å²) in [6.45, 7) is 2.41. The van der Waals surface area contributed by atoms with Crippen molar-refractivity contribution in [3.8, 4) is 0 Å². The summed E-state index contributed by atoms with van der Waals surface area (Å²) in [5, 5.41) is 12.4. The van der Waals surface area contributed by atoms with E-state index in [0.29, 0.717) is 28.3 Å². The number of hydrogen-bond donors (Lipinski definition) is 3. The second-order valence-electron chi connectivity index (χ2n) is 7.71. The molecule has 1 aliphatic carbocycles. The van der Waals surface area contributed by atoms with Crippen LogP contribution in [0, 0.1) is 0 Å². The highest BCUT2D eigenvalue weighted by Gasteiger charge is 2.19. The van der Waals surface area contributed by atoms with Gasteiger partial charge in [0.15, 0.2) is 5.65 Å². The molecule has 0 bridgehead atoms. The first-order valence-electron chi connectivity index (χ1n) is 10.5. The molecule has 4 rings (SSSR count). The molecule has 11 heteroatoms. The molecule has 1 saturated carbocycles. The van der Waals surface area contributed by atoms with Gasteiger partial charge in [0.05, 0.1) is 10.6 Å². The van der Waals surface area contributed by atoms with Crippen LogP contribution in [-0.4, -0.2) is 52.8 Å². The summed E-state index contributed by atoms with van der Waals surface area (Å²) in [5.41, 5.74) is 1.74. The number of sulfonamides is 1. The van der Waals surface area contributed by atoms with Crippen LogP contribution in [0.25, 0.3) is 22.1 Å². The Morgan fingerprint density at radius 3 is 2.84 bits per heavy atom. The van der Waals surface area contributed by atoms with Crippen LogP contribution in [0.1, 0.15) is 45.4 Å². The summed E-state index contributed by atoms with van der Waals surface area (Å²) >= 11 is 1.23. The lowest BCUT2D eigenvalue weighted by atomic mass is 10.2.